The number of hydrogen-bond acceptors (Lipinski definition) is 3. The van der Waals surface area contributed by atoms with E-state index in [4.69, 9.17) is 11.6 Å². The number of nitrogens with one attached hydrogen (secondary N) is 2. The molecule has 0 saturated heterocycles. The summed E-state index contributed by atoms with van der Waals surface area (Å²) in [5.74, 6) is -0.538. The third-order valence-electron chi connectivity index (χ3n) is 2.60. The van der Waals surface area contributed by atoms with Gasteiger partial charge in [0.05, 0.1) is 10.5 Å². The molecular formula is C14H16ClFN2OS. The summed E-state index contributed by atoms with van der Waals surface area (Å²) in [6, 6.07) is 4.48. The SMILES string of the molecule is CC(C)(C)SNCc1cc2cc(Cl)c(F)cc2[nH]c1=O. The number of benzene rings is 1. The van der Waals surface area contributed by atoms with Gasteiger partial charge >= 0.3 is 0 Å². The zero-order valence-electron chi connectivity index (χ0n) is 11.5. The molecule has 2 N–H and O–H groups in total. The molecule has 2 rings (SSSR count). The Morgan fingerprint density at radius 1 is 1.35 bits per heavy atom. The molecule has 0 saturated carbocycles. The van der Waals surface area contributed by atoms with Gasteiger partial charge in [0.15, 0.2) is 0 Å². The number of H-pyrrole nitrogens is 1. The number of aromatic nitrogens is 1. The lowest BCUT2D eigenvalue weighted by Crippen LogP contribution is -2.21. The molecule has 0 aliphatic heterocycles. The first kappa shape index (κ1) is 15.4. The highest BCUT2D eigenvalue weighted by atomic mass is 35.5. The van der Waals surface area contributed by atoms with Crippen LogP contribution in [0.2, 0.25) is 5.02 Å². The fourth-order valence-corrected chi connectivity index (χ4v) is 2.54. The van der Waals surface area contributed by atoms with Gasteiger partial charge in [-0.05, 0) is 39.0 Å². The third-order valence-corrected chi connectivity index (χ3v) is 3.79. The van der Waals surface area contributed by atoms with Crippen LogP contribution >= 0.6 is 23.5 Å². The van der Waals surface area contributed by atoms with E-state index in [0.717, 1.165) is 0 Å². The number of halogens is 2. The van der Waals surface area contributed by atoms with Crippen molar-refractivity contribution in [2.24, 2.45) is 0 Å². The van der Waals surface area contributed by atoms with Crippen LogP contribution in [0.4, 0.5) is 4.39 Å². The highest BCUT2D eigenvalue weighted by Crippen LogP contribution is 2.22. The maximum absolute atomic E-state index is 13.3. The van der Waals surface area contributed by atoms with Crippen LogP contribution in [0.3, 0.4) is 0 Å². The summed E-state index contributed by atoms with van der Waals surface area (Å²) in [6.07, 6.45) is 0. The van der Waals surface area contributed by atoms with Crippen LogP contribution in [-0.2, 0) is 6.54 Å². The first-order valence-corrected chi connectivity index (χ1v) is 7.37. The fraction of sp³-hybridized carbons (Fsp3) is 0.357. The minimum Gasteiger partial charge on any atom is -0.322 e. The van der Waals surface area contributed by atoms with Gasteiger partial charge in [0.25, 0.3) is 5.56 Å². The number of aromatic amines is 1. The van der Waals surface area contributed by atoms with Crippen LogP contribution in [0.25, 0.3) is 10.9 Å². The van der Waals surface area contributed by atoms with Gasteiger partial charge in [-0.1, -0.05) is 23.5 Å². The quantitative estimate of drug-likeness (QED) is 0.846. The zero-order valence-corrected chi connectivity index (χ0v) is 13.1. The van der Waals surface area contributed by atoms with Gasteiger partial charge in [0, 0.05) is 22.2 Å². The first-order chi connectivity index (χ1) is 9.26. The van der Waals surface area contributed by atoms with Crippen molar-refractivity contribution < 1.29 is 4.39 Å². The molecule has 0 bridgehead atoms. The number of pyridine rings is 1. The first-order valence-electron chi connectivity index (χ1n) is 6.18. The predicted octanol–water partition coefficient (Wildman–Crippen LogP) is 3.86. The van der Waals surface area contributed by atoms with E-state index in [1.807, 2.05) is 0 Å². The Kier molecular flexibility index (Phi) is 4.42. The molecular weight excluding hydrogens is 299 g/mol. The van der Waals surface area contributed by atoms with E-state index in [2.05, 4.69) is 30.5 Å². The summed E-state index contributed by atoms with van der Waals surface area (Å²) in [5.41, 5.74) is 0.822. The lowest BCUT2D eigenvalue weighted by molar-refractivity contribution is 0.629. The van der Waals surface area contributed by atoms with Crippen LogP contribution in [0.5, 0.6) is 0 Å². The fourth-order valence-electron chi connectivity index (χ4n) is 1.71. The molecule has 0 aliphatic rings. The van der Waals surface area contributed by atoms with Crippen LogP contribution in [0.15, 0.2) is 23.0 Å². The predicted molar refractivity (Wildman–Crippen MR) is 83.7 cm³/mol. The maximum Gasteiger partial charge on any atom is 0.252 e. The maximum atomic E-state index is 13.3. The number of fused-ring (bicyclic) bond motifs is 1. The topological polar surface area (TPSA) is 44.9 Å². The van der Waals surface area contributed by atoms with Crippen LogP contribution < -0.4 is 10.3 Å². The average molecular weight is 315 g/mol. The minimum absolute atomic E-state index is 0.0486. The number of rotatable bonds is 3. The average Bonchev–Trinajstić information content (AvgIpc) is 2.31. The van der Waals surface area contributed by atoms with E-state index >= 15 is 0 Å². The molecule has 2 aromatic rings. The second kappa shape index (κ2) is 5.76. The lowest BCUT2D eigenvalue weighted by atomic mass is 10.1. The molecule has 20 heavy (non-hydrogen) atoms. The molecule has 108 valence electrons. The van der Waals surface area contributed by atoms with Gasteiger partial charge in [-0.15, -0.1) is 0 Å². The summed E-state index contributed by atoms with van der Waals surface area (Å²) in [6.45, 7) is 6.68. The van der Waals surface area contributed by atoms with Crippen molar-refractivity contribution in [2.75, 3.05) is 0 Å². The Morgan fingerprint density at radius 3 is 2.70 bits per heavy atom. The largest absolute Gasteiger partial charge is 0.322 e. The molecule has 0 fully saturated rings. The van der Waals surface area contributed by atoms with Gasteiger partial charge in [0.2, 0.25) is 0 Å². The molecule has 1 heterocycles. The van der Waals surface area contributed by atoms with E-state index in [9.17, 15) is 9.18 Å². The Morgan fingerprint density at radius 2 is 2.05 bits per heavy atom. The molecule has 0 spiro atoms. The summed E-state index contributed by atoms with van der Waals surface area (Å²) in [4.78, 5) is 14.6. The molecule has 0 aliphatic carbocycles. The van der Waals surface area contributed by atoms with Crippen molar-refractivity contribution in [3.05, 3.63) is 45.0 Å². The summed E-state index contributed by atoms with van der Waals surface area (Å²) in [7, 11) is 0. The van der Waals surface area contributed by atoms with Crippen molar-refractivity contribution in [3.8, 4) is 0 Å². The Bertz CT molecular complexity index is 694. The molecule has 0 radical (unpaired) electrons. The summed E-state index contributed by atoms with van der Waals surface area (Å²) in [5, 5.41) is 0.765. The Labute approximate surface area is 126 Å². The molecule has 0 atom stereocenters. The smallest absolute Gasteiger partial charge is 0.252 e. The number of hydrogen-bond donors (Lipinski definition) is 2. The second-order valence-corrected chi connectivity index (χ2v) is 7.64. The Balaban J connectivity index is 2.28. The molecule has 6 heteroatoms. The van der Waals surface area contributed by atoms with Gasteiger partial charge < -0.3 is 4.98 Å². The van der Waals surface area contributed by atoms with Crippen molar-refractivity contribution in [1.29, 1.82) is 0 Å². The standard InChI is InChI=1S/C14H16ClFN2OS/c1-14(2,3)20-17-7-9-4-8-5-10(15)11(16)6-12(8)18-13(9)19/h4-6,17H,7H2,1-3H3,(H,18,19). The minimum atomic E-state index is -0.538. The van der Waals surface area contributed by atoms with Crippen LogP contribution in [0, 0.1) is 5.82 Å². The van der Waals surface area contributed by atoms with Gasteiger partial charge in [-0.25, -0.2) is 4.39 Å². The van der Waals surface area contributed by atoms with Crippen LogP contribution in [0.1, 0.15) is 26.3 Å². The van der Waals surface area contributed by atoms with Crippen LogP contribution in [-0.4, -0.2) is 9.73 Å². The highest BCUT2D eigenvalue weighted by molar-refractivity contribution is 7.98. The normalized spacial score (nSPS) is 12.1. The second-order valence-electron chi connectivity index (χ2n) is 5.51. The summed E-state index contributed by atoms with van der Waals surface area (Å²) >= 11 is 7.32. The van der Waals surface area contributed by atoms with E-state index in [1.165, 1.54) is 12.1 Å². The van der Waals surface area contributed by atoms with Gasteiger partial charge in [-0.2, -0.15) is 0 Å². The zero-order chi connectivity index (χ0) is 14.9. The third kappa shape index (κ3) is 3.75. The molecule has 1 aromatic heterocycles. The Hall–Kier alpha value is -1.04. The van der Waals surface area contributed by atoms with Crippen molar-refractivity contribution in [1.82, 2.24) is 9.71 Å². The monoisotopic (exact) mass is 314 g/mol. The lowest BCUT2D eigenvalue weighted by Gasteiger charge is -2.17. The molecule has 3 nitrogen and oxygen atoms in total. The van der Waals surface area contributed by atoms with E-state index in [0.29, 0.717) is 23.0 Å². The molecule has 0 unspecified atom stereocenters. The van der Waals surface area contributed by atoms with E-state index in [1.54, 1.807) is 18.0 Å². The van der Waals surface area contributed by atoms with Gasteiger partial charge in [0.1, 0.15) is 5.82 Å². The van der Waals surface area contributed by atoms with Gasteiger partial charge in [-0.3, -0.25) is 9.52 Å². The van der Waals surface area contributed by atoms with Crippen molar-refractivity contribution >= 4 is 34.5 Å². The highest BCUT2D eigenvalue weighted by Gasteiger charge is 2.11. The van der Waals surface area contributed by atoms with E-state index < -0.39 is 5.82 Å². The van der Waals surface area contributed by atoms with E-state index in [-0.39, 0.29) is 15.3 Å². The molecule has 1 aromatic carbocycles. The summed E-state index contributed by atoms with van der Waals surface area (Å²) < 4.78 is 16.6. The van der Waals surface area contributed by atoms with Crippen molar-refractivity contribution in [3.63, 3.8) is 0 Å². The molecule has 0 amide bonds. The van der Waals surface area contributed by atoms with Crippen molar-refractivity contribution in [2.45, 2.75) is 32.1 Å².